The fourth-order valence-electron chi connectivity index (χ4n) is 4.98. The van der Waals surface area contributed by atoms with Crippen molar-refractivity contribution >= 4 is 10.9 Å². The van der Waals surface area contributed by atoms with Gasteiger partial charge in [0.25, 0.3) is 5.56 Å². The van der Waals surface area contributed by atoms with Crippen molar-refractivity contribution in [1.82, 2.24) is 14.9 Å². The van der Waals surface area contributed by atoms with Gasteiger partial charge >= 0.3 is 0 Å². The van der Waals surface area contributed by atoms with E-state index in [1.165, 1.54) is 5.56 Å². The number of hydrogen-bond donors (Lipinski definition) is 1. The Bertz CT molecular complexity index is 1450. The fourth-order valence-corrected chi connectivity index (χ4v) is 4.98. The van der Waals surface area contributed by atoms with E-state index in [-0.39, 0.29) is 11.6 Å². The molecule has 0 saturated heterocycles. The molecule has 5 rings (SSSR count). The van der Waals surface area contributed by atoms with E-state index in [0.29, 0.717) is 40.5 Å². The third kappa shape index (κ3) is 4.24. The summed E-state index contributed by atoms with van der Waals surface area (Å²) in [4.78, 5) is 23.1. The molecule has 1 aromatic heterocycles. The monoisotopic (exact) mass is 487 g/mol. The Morgan fingerprint density at radius 3 is 2.22 bits per heavy atom. The first-order valence-corrected chi connectivity index (χ1v) is 11.7. The zero-order chi connectivity index (χ0) is 25.2. The predicted molar refractivity (Wildman–Crippen MR) is 137 cm³/mol. The number of ether oxygens (including phenoxy) is 4. The molecule has 1 aliphatic heterocycles. The van der Waals surface area contributed by atoms with Crippen LogP contribution in [0.1, 0.15) is 28.6 Å². The lowest BCUT2D eigenvalue weighted by molar-refractivity contribution is 0.198. The lowest BCUT2D eigenvalue weighted by Crippen LogP contribution is -2.36. The van der Waals surface area contributed by atoms with E-state index in [2.05, 4.69) is 34.1 Å². The van der Waals surface area contributed by atoms with Gasteiger partial charge in [-0.05, 0) is 41.3 Å². The van der Waals surface area contributed by atoms with Gasteiger partial charge in [0.2, 0.25) is 0 Å². The average molecular weight is 488 g/mol. The Morgan fingerprint density at radius 1 is 0.889 bits per heavy atom. The molecule has 36 heavy (non-hydrogen) atoms. The van der Waals surface area contributed by atoms with Crippen molar-refractivity contribution in [2.45, 2.75) is 19.0 Å². The number of aromatic nitrogens is 2. The van der Waals surface area contributed by atoms with Gasteiger partial charge in [-0.1, -0.05) is 30.3 Å². The smallest absolute Gasteiger partial charge is 0.258 e. The van der Waals surface area contributed by atoms with E-state index in [0.717, 1.165) is 29.8 Å². The second kappa shape index (κ2) is 9.91. The van der Waals surface area contributed by atoms with Crippen LogP contribution in [-0.2, 0) is 13.0 Å². The van der Waals surface area contributed by atoms with Crippen LogP contribution in [0.25, 0.3) is 10.9 Å². The Balaban J connectivity index is 1.58. The van der Waals surface area contributed by atoms with Gasteiger partial charge < -0.3 is 23.9 Å². The standard InChI is InChI=1S/C28H29N3O5/c1-33-22-12-18-10-11-31(27(17-8-6-5-7-9-17)19(18)13-23(22)34-2)16-26-29-21-15-25(36-4)24(35-3)14-20(21)28(32)30-26/h5-9,12-15,27H,10-11,16H2,1-4H3,(H,29,30,32)/t27-/m1/s1. The molecular weight excluding hydrogens is 458 g/mol. The van der Waals surface area contributed by atoms with Crippen molar-refractivity contribution in [1.29, 1.82) is 0 Å². The first-order chi connectivity index (χ1) is 17.6. The van der Waals surface area contributed by atoms with Crippen LogP contribution in [-0.4, -0.2) is 49.9 Å². The topological polar surface area (TPSA) is 85.9 Å². The summed E-state index contributed by atoms with van der Waals surface area (Å²) in [7, 11) is 6.41. The number of nitrogens with zero attached hydrogens (tertiary/aromatic N) is 2. The van der Waals surface area contributed by atoms with Crippen LogP contribution < -0.4 is 24.5 Å². The number of rotatable bonds is 7. The molecule has 1 atom stereocenters. The highest BCUT2D eigenvalue weighted by Crippen LogP contribution is 2.41. The summed E-state index contributed by atoms with van der Waals surface area (Å²) < 4.78 is 21.9. The highest BCUT2D eigenvalue weighted by atomic mass is 16.5. The Labute approximate surface area is 209 Å². The molecule has 0 unspecified atom stereocenters. The Kier molecular flexibility index (Phi) is 6.52. The molecule has 1 N–H and O–H groups in total. The molecule has 0 bridgehead atoms. The molecule has 0 amide bonds. The zero-order valence-corrected chi connectivity index (χ0v) is 20.8. The van der Waals surface area contributed by atoms with E-state index < -0.39 is 0 Å². The lowest BCUT2D eigenvalue weighted by atomic mass is 9.87. The molecule has 0 saturated carbocycles. The molecule has 8 heteroatoms. The summed E-state index contributed by atoms with van der Waals surface area (Å²) in [5, 5.41) is 0.455. The van der Waals surface area contributed by atoms with E-state index in [4.69, 9.17) is 23.9 Å². The third-order valence-electron chi connectivity index (χ3n) is 6.70. The number of benzene rings is 3. The van der Waals surface area contributed by atoms with Crippen LogP contribution in [0.4, 0.5) is 0 Å². The molecule has 8 nitrogen and oxygen atoms in total. The maximum atomic E-state index is 13.0. The summed E-state index contributed by atoms with van der Waals surface area (Å²) in [5.74, 6) is 3.03. The molecule has 4 aromatic rings. The maximum Gasteiger partial charge on any atom is 0.258 e. The van der Waals surface area contributed by atoms with E-state index in [1.54, 1.807) is 40.6 Å². The van der Waals surface area contributed by atoms with Crippen LogP contribution in [0, 0.1) is 0 Å². The molecule has 0 spiro atoms. The molecule has 2 heterocycles. The molecular formula is C28H29N3O5. The molecule has 0 aliphatic carbocycles. The normalized spacial score (nSPS) is 15.4. The number of aromatic amines is 1. The van der Waals surface area contributed by atoms with Gasteiger partial charge in [-0.15, -0.1) is 0 Å². The van der Waals surface area contributed by atoms with Crippen molar-refractivity contribution in [2.24, 2.45) is 0 Å². The van der Waals surface area contributed by atoms with Gasteiger partial charge in [0.1, 0.15) is 5.82 Å². The first-order valence-electron chi connectivity index (χ1n) is 11.7. The van der Waals surface area contributed by atoms with Crippen LogP contribution in [0.3, 0.4) is 0 Å². The third-order valence-corrected chi connectivity index (χ3v) is 6.70. The summed E-state index contributed by atoms with van der Waals surface area (Å²) in [6.45, 7) is 1.25. The second-order valence-corrected chi connectivity index (χ2v) is 8.68. The summed E-state index contributed by atoms with van der Waals surface area (Å²) in [6.07, 6.45) is 0.835. The quantitative estimate of drug-likeness (QED) is 0.420. The van der Waals surface area contributed by atoms with E-state index in [1.807, 2.05) is 18.2 Å². The number of H-pyrrole nitrogens is 1. The van der Waals surface area contributed by atoms with E-state index in [9.17, 15) is 4.79 Å². The van der Waals surface area contributed by atoms with Crippen molar-refractivity contribution in [3.63, 3.8) is 0 Å². The Morgan fingerprint density at radius 2 is 1.53 bits per heavy atom. The van der Waals surface area contributed by atoms with Crippen molar-refractivity contribution in [3.8, 4) is 23.0 Å². The molecule has 3 aromatic carbocycles. The van der Waals surface area contributed by atoms with Gasteiger partial charge in [0.05, 0.1) is 51.9 Å². The second-order valence-electron chi connectivity index (χ2n) is 8.68. The number of fused-ring (bicyclic) bond motifs is 2. The minimum atomic E-state index is -0.212. The van der Waals surface area contributed by atoms with Crippen molar-refractivity contribution in [3.05, 3.63) is 87.5 Å². The number of hydrogen-bond acceptors (Lipinski definition) is 7. The van der Waals surface area contributed by atoms with Crippen LogP contribution in [0.5, 0.6) is 23.0 Å². The van der Waals surface area contributed by atoms with Crippen molar-refractivity contribution < 1.29 is 18.9 Å². The maximum absolute atomic E-state index is 13.0. The average Bonchev–Trinajstić information content (AvgIpc) is 2.91. The highest BCUT2D eigenvalue weighted by molar-refractivity contribution is 5.81. The SMILES string of the molecule is COc1cc2c(cc1OC)[C@@H](c1ccccc1)N(Cc1nc3cc(OC)c(OC)cc3c(=O)[nH]1)CC2. The van der Waals surface area contributed by atoms with Gasteiger partial charge in [-0.3, -0.25) is 9.69 Å². The predicted octanol–water partition coefficient (Wildman–Crippen LogP) is 4.11. The molecule has 186 valence electrons. The van der Waals surface area contributed by atoms with Gasteiger partial charge in [-0.2, -0.15) is 0 Å². The van der Waals surface area contributed by atoms with E-state index >= 15 is 0 Å². The number of nitrogens with one attached hydrogen (secondary N) is 1. The summed E-state index contributed by atoms with van der Waals surface area (Å²) >= 11 is 0. The Hall–Kier alpha value is -4.04. The van der Waals surface area contributed by atoms with Crippen LogP contribution in [0.15, 0.2) is 59.4 Å². The minimum Gasteiger partial charge on any atom is -0.493 e. The molecule has 0 radical (unpaired) electrons. The van der Waals surface area contributed by atoms with Crippen LogP contribution in [0.2, 0.25) is 0 Å². The number of methoxy groups -OCH3 is 4. The lowest BCUT2D eigenvalue weighted by Gasteiger charge is -2.38. The van der Waals surface area contributed by atoms with Crippen LogP contribution >= 0.6 is 0 Å². The van der Waals surface area contributed by atoms with Gasteiger partial charge in [0, 0.05) is 12.6 Å². The van der Waals surface area contributed by atoms with Gasteiger partial charge in [0.15, 0.2) is 23.0 Å². The fraction of sp³-hybridized carbons (Fsp3) is 0.286. The molecule has 1 aliphatic rings. The minimum absolute atomic E-state index is 0.0406. The first kappa shape index (κ1) is 23.7. The largest absolute Gasteiger partial charge is 0.493 e. The summed E-state index contributed by atoms with van der Waals surface area (Å²) in [6, 6.07) is 17.8. The van der Waals surface area contributed by atoms with Crippen molar-refractivity contribution in [2.75, 3.05) is 35.0 Å². The van der Waals surface area contributed by atoms with Gasteiger partial charge in [-0.25, -0.2) is 4.98 Å². The highest BCUT2D eigenvalue weighted by Gasteiger charge is 2.31. The summed E-state index contributed by atoms with van der Waals surface area (Å²) in [5.41, 5.74) is 3.87. The molecule has 0 fully saturated rings. The zero-order valence-electron chi connectivity index (χ0n) is 20.8.